The van der Waals surface area contributed by atoms with Gasteiger partial charge in [0, 0.05) is 18.0 Å². The van der Waals surface area contributed by atoms with Crippen molar-refractivity contribution >= 4 is 49.3 Å². The summed E-state index contributed by atoms with van der Waals surface area (Å²) in [5.41, 5.74) is 1.78. The van der Waals surface area contributed by atoms with Crippen LogP contribution in [0, 0.1) is 0 Å². The number of ether oxygens (including phenoxy) is 2. The molecule has 8 nitrogen and oxygen atoms in total. The Hall–Kier alpha value is -4.50. The van der Waals surface area contributed by atoms with E-state index in [1.807, 2.05) is 42.5 Å². The van der Waals surface area contributed by atoms with Crippen LogP contribution in [0.4, 0.5) is 5.13 Å². The molecule has 5 aromatic rings. The third-order valence-electron chi connectivity index (χ3n) is 5.74. The summed E-state index contributed by atoms with van der Waals surface area (Å²) < 4.78 is 12.7. The predicted octanol–water partition coefficient (Wildman–Crippen LogP) is 4.62. The van der Waals surface area contributed by atoms with Crippen LogP contribution < -0.4 is 15.6 Å². The van der Waals surface area contributed by atoms with E-state index in [0.717, 1.165) is 10.3 Å². The van der Waals surface area contributed by atoms with Crippen molar-refractivity contribution in [2.75, 3.05) is 19.0 Å². The molecule has 0 saturated carbocycles. The number of benzene rings is 3. The molecule has 1 amide bonds. The molecular formula is C27H21N3O5S. The highest BCUT2D eigenvalue weighted by atomic mass is 32.1. The summed E-state index contributed by atoms with van der Waals surface area (Å²) in [5.74, 6) is -0.627. The molecule has 1 N–H and O–H groups in total. The summed E-state index contributed by atoms with van der Waals surface area (Å²) in [4.78, 5) is 43.2. The first kappa shape index (κ1) is 23.3. The lowest BCUT2D eigenvalue weighted by molar-refractivity contribution is -0.119. The van der Waals surface area contributed by atoms with Crippen molar-refractivity contribution in [2.24, 2.45) is 7.05 Å². The lowest BCUT2D eigenvalue weighted by Gasteiger charge is -2.16. The van der Waals surface area contributed by atoms with Crippen molar-refractivity contribution in [1.82, 2.24) is 9.55 Å². The molecule has 36 heavy (non-hydrogen) atoms. The molecule has 0 fully saturated rings. The van der Waals surface area contributed by atoms with E-state index >= 15 is 0 Å². The topological polar surface area (TPSA) is 99.5 Å². The van der Waals surface area contributed by atoms with E-state index in [-0.39, 0.29) is 11.3 Å². The molecule has 0 bridgehead atoms. The Morgan fingerprint density at radius 1 is 1.00 bits per heavy atom. The van der Waals surface area contributed by atoms with Crippen molar-refractivity contribution in [3.8, 4) is 16.9 Å². The SMILES string of the molecule is COc1ccc2nc(NC(=O)COC(=O)c3c(-c4ccccc4)c4ccccc4c(=O)n3C)sc2c1. The van der Waals surface area contributed by atoms with Crippen molar-refractivity contribution in [3.63, 3.8) is 0 Å². The second kappa shape index (κ2) is 9.63. The molecule has 0 aliphatic carbocycles. The Labute approximate surface area is 209 Å². The van der Waals surface area contributed by atoms with Gasteiger partial charge in [0.05, 0.1) is 17.3 Å². The van der Waals surface area contributed by atoms with Crippen LogP contribution in [0.2, 0.25) is 0 Å². The van der Waals surface area contributed by atoms with Crippen molar-refractivity contribution in [3.05, 3.63) is 88.8 Å². The number of thiazole rings is 1. The van der Waals surface area contributed by atoms with Crippen molar-refractivity contribution < 1.29 is 19.1 Å². The van der Waals surface area contributed by atoms with Gasteiger partial charge in [-0.25, -0.2) is 9.78 Å². The molecule has 0 aliphatic heterocycles. The molecular weight excluding hydrogens is 478 g/mol. The minimum absolute atomic E-state index is 0.0739. The average Bonchev–Trinajstić information content (AvgIpc) is 3.31. The Morgan fingerprint density at radius 2 is 1.72 bits per heavy atom. The number of carbonyl (C=O) groups excluding carboxylic acids is 2. The molecule has 2 heterocycles. The zero-order valence-corrected chi connectivity index (χ0v) is 20.3. The van der Waals surface area contributed by atoms with Crippen LogP contribution in [0.15, 0.2) is 77.6 Å². The third-order valence-corrected chi connectivity index (χ3v) is 6.67. The van der Waals surface area contributed by atoms with E-state index in [1.165, 1.54) is 23.0 Å². The summed E-state index contributed by atoms with van der Waals surface area (Å²) >= 11 is 1.28. The van der Waals surface area contributed by atoms with Gasteiger partial charge >= 0.3 is 5.97 Å². The van der Waals surface area contributed by atoms with E-state index < -0.39 is 18.5 Å². The van der Waals surface area contributed by atoms with Crippen LogP contribution in [0.1, 0.15) is 10.5 Å². The number of aromatic nitrogens is 2. The quantitative estimate of drug-likeness (QED) is 0.342. The standard InChI is InChI=1S/C27H21N3O5S/c1-30-24(23(16-8-4-3-5-9-16)18-10-6-7-11-19(18)25(30)32)26(33)35-15-22(31)29-27-28-20-13-12-17(34-2)14-21(20)36-27/h3-14H,15H2,1-2H3,(H,28,29,31). The molecule has 0 aliphatic rings. The van der Waals surface area contributed by atoms with E-state index in [4.69, 9.17) is 9.47 Å². The zero-order valence-electron chi connectivity index (χ0n) is 19.5. The number of esters is 1. The van der Waals surface area contributed by atoms with Gasteiger partial charge < -0.3 is 14.0 Å². The van der Waals surface area contributed by atoms with Crippen molar-refractivity contribution in [1.29, 1.82) is 0 Å². The Balaban J connectivity index is 1.42. The van der Waals surface area contributed by atoms with Crippen LogP contribution in [-0.2, 0) is 16.6 Å². The number of amides is 1. The average molecular weight is 500 g/mol. The molecule has 0 atom stereocenters. The lowest BCUT2D eigenvalue weighted by Crippen LogP contribution is -2.28. The number of rotatable bonds is 6. The lowest BCUT2D eigenvalue weighted by atomic mass is 9.97. The van der Waals surface area contributed by atoms with Gasteiger partial charge in [-0.05, 0) is 35.2 Å². The number of carbonyl (C=O) groups is 2. The fourth-order valence-corrected chi connectivity index (χ4v) is 4.95. The smallest absolute Gasteiger partial charge is 0.356 e. The second-order valence-electron chi connectivity index (χ2n) is 7.98. The first-order valence-corrected chi connectivity index (χ1v) is 11.9. The number of anilines is 1. The van der Waals surface area contributed by atoms with Gasteiger partial charge in [0.2, 0.25) is 0 Å². The molecule has 5 rings (SSSR count). The van der Waals surface area contributed by atoms with E-state index in [0.29, 0.717) is 32.7 Å². The van der Waals surface area contributed by atoms with Gasteiger partial charge in [-0.2, -0.15) is 0 Å². The van der Waals surface area contributed by atoms with Crippen LogP contribution in [0.3, 0.4) is 0 Å². The number of pyridine rings is 1. The monoisotopic (exact) mass is 499 g/mol. The molecule has 9 heteroatoms. The Bertz CT molecular complexity index is 1670. The van der Waals surface area contributed by atoms with E-state index in [1.54, 1.807) is 37.4 Å². The summed E-state index contributed by atoms with van der Waals surface area (Å²) in [6.45, 7) is -0.534. The number of nitrogens with zero attached hydrogens (tertiary/aromatic N) is 2. The van der Waals surface area contributed by atoms with E-state index in [2.05, 4.69) is 10.3 Å². The Morgan fingerprint density at radius 3 is 2.47 bits per heavy atom. The van der Waals surface area contributed by atoms with E-state index in [9.17, 15) is 14.4 Å². The number of methoxy groups -OCH3 is 1. The Kier molecular flexibility index (Phi) is 6.22. The molecule has 180 valence electrons. The van der Waals surface area contributed by atoms with Gasteiger partial charge in [0.1, 0.15) is 11.4 Å². The number of fused-ring (bicyclic) bond motifs is 2. The highest BCUT2D eigenvalue weighted by Gasteiger charge is 2.23. The van der Waals surface area contributed by atoms with Crippen LogP contribution >= 0.6 is 11.3 Å². The minimum Gasteiger partial charge on any atom is -0.497 e. The molecule has 0 radical (unpaired) electrons. The van der Waals surface area contributed by atoms with Gasteiger partial charge in [-0.15, -0.1) is 0 Å². The molecule has 3 aromatic carbocycles. The summed E-state index contributed by atoms with van der Waals surface area (Å²) in [6.07, 6.45) is 0. The number of nitrogens with one attached hydrogen (secondary N) is 1. The fraction of sp³-hybridized carbons (Fsp3) is 0.111. The summed E-state index contributed by atoms with van der Waals surface area (Å²) in [5, 5.41) is 4.16. The largest absolute Gasteiger partial charge is 0.497 e. The van der Waals surface area contributed by atoms with Gasteiger partial charge in [-0.1, -0.05) is 59.9 Å². The molecule has 0 spiro atoms. The van der Waals surface area contributed by atoms with Gasteiger partial charge in [-0.3, -0.25) is 14.9 Å². The predicted molar refractivity (Wildman–Crippen MR) is 140 cm³/mol. The second-order valence-corrected chi connectivity index (χ2v) is 9.01. The fourth-order valence-electron chi connectivity index (χ4n) is 4.04. The third kappa shape index (κ3) is 4.32. The van der Waals surface area contributed by atoms with Crippen LogP contribution in [-0.4, -0.2) is 35.1 Å². The first-order valence-electron chi connectivity index (χ1n) is 11.0. The van der Waals surface area contributed by atoms with Crippen molar-refractivity contribution in [2.45, 2.75) is 0 Å². The maximum Gasteiger partial charge on any atom is 0.356 e. The molecule has 2 aromatic heterocycles. The van der Waals surface area contributed by atoms with Crippen LogP contribution in [0.5, 0.6) is 5.75 Å². The van der Waals surface area contributed by atoms with Gasteiger partial charge in [0.25, 0.3) is 11.5 Å². The van der Waals surface area contributed by atoms with Gasteiger partial charge in [0.15, 0.2) is 11.7 Å². The van der Waals surface area contributed by atoms with Crippen LogP contribution in [0.25, 0.3) is 32.1 Å². The number of hydrogen-bond acceptors (Lipinski definition) is 7. The minimum atomic E-state index is -0.775. The maximum atomic E-state index is 13.2. The molecule has 0 unspecified atom stereocenters. The number of hydrogen-bond donors (Lipinski definition) is 1. The highest BCUT2D eigenvalue weighted by molar-refractivity contribution is 7.22. The normalized spacial score (nSPS) is 10.9. The first-order chi connectivity index (χ1) is 17.5. The summed E-state index contributed by atoms with van der Waals surface area (Å²) in [7, 11) is 3.10. The zero-order chi connectivity index (χ0) is 25.2. The molecule has 0 saturated heterocycles. The highest BCUT2D eigenvalue weighted by Crippen LogP contribution is 2.31. The summed E-state index contributed by atoms with van der Waals surface area (Å²) in [6, 6.07) is 21.8. The maximum absolute atomic E-state index is 13.2.